The minimum atomic E-state index is 0.231. The molecule has 0 atom stereocenters. The quantitative estimate of drug-likeness (QED) is 0.754. The second-order valence-corrected chi connectivity index (χ2v) is 4.00. The molecule has 6 nitrogen and oxygen atoms in total. The van der Waals surface area contributed by atoms with Crippen LogP contribution in [0.4, 0.5) is 0 Å². The fourth-order valence-electron chi connectivity index (χ4n) is 1.63. The summed E-state index contributed by atoms with van der Waals surface area (Å²) in [6.07, 6.45) is 3.23. The van der Waals surface area contributed by atoms with Gasteiger partial charge in [0.05, 0.1) is 0 Å². The molecule has 0 fully saturated rings. The Balaban J connectivity index is 1.99. The summed E-state index contributed by atoms with van der Waals surface area (Å²) in [5, 5.41) is 13.3. The van der Waals surface area contributed by atoms with Crippen LogP contribution < -0.4 is 0 Å². The Morgan fingerprint density at radius 2 is 1.89 bits per heavy atom. The van der Waals surface area contributed by atoms with E-state index in [1.165, 1.54) is 0 Å². The van der Waals surface area contributed by atoms with E-state index in [0.29, 0.717) is 17.5 Å². The third-order valence-electron chi connectivity index (χ3n) is 2.64. The van der Waals surface area contributed by atoms with E-state index in [-0.39, 0.29) is 5.75 Å². The topological polar surface area (TPSA) is 84.9 Å². The molecule has 0 aliphatic heterocycles. The highest BCUT2D eigenvalue weighted by Gasteiger charge is 2.12. The van der Waals surface area contributed by atoms with Gasteiger partial charge in [-0.3, -0.25) is 0 Å². The molecule has 0 unspecified atom stereocenters. The van der Waals surface area contributed by atoms with Crippen molar-refractivity contribution in [2.24, 2.45) is 0 Å². The smallest absolute Gasteiger partial charge is 0.258 e. The molecule has 1 N–H and O–H groups in total. The van der Waals surface area contributed by atoms with E-state index in [9.17, 15) is 5.11 Å². The highest BCUT2D eigenvalue weighted by Crippen LogP contribution is 2.25. The van der Waals surface area contributed by atoms with Crippen LogP contribution in [0.3, 0.4) is 0 Å². The molecule has 94 valence electrons. The predicted octanol–water partition coefficient (Wildman–Crippen LogP) is 2.21. The molecular weight excluding hydrogens is 244 g/mol. The first-order valence-corrected chi connectivity index (χ1v) is 5.65. The number of hydrogen-bond acceptors (Lipinski definition) is 6. The van der Waals surface area contributed by atoms with Gasteiger partial charge in [-0.05, 0) is 36.8 Å². The first-order chi connectivity index (χ1) is 9.24. The van der Waals surface area contributed by atoms with Crippen LogP contribution in [0, 0.1) is 6.92 Å². The number of hydrogen-bond donors (Lipinski definition) is 1. The standard InChI is InChI=1S/C13H10N4O2/c1-8-7-9(3-4-10(8)18)13-16-12(17-19-13)11-14-5-2-6-15-11/h2-7,18H,1H3. The Hall–Kier alpha value is -2.76. The van der Waals surface area contributed by atoms with E-state index in [2.05, 4.69) is 20.1 Å². The van der Waals surface area contributed by atoms with E-state index >= 15 is 0 Å². The van der Waals surface area contributed by atoms with Crippen molar-refractivity contribution in [3.05, 3.63) is 42.2 Å². The zero-order chi connectivity index (χ0) is 13.2. The Labute approximate surface area is 108 Å². The maximum Gasteiger partial charge on any atom is 0.258 e. The average Bonchev–Trinajstić information content (AvgIpc) is 2.93. The Bertz CT molecular complexity index is 710. The van der Waals surface area contributed by atoms with Crippen LogP contribution in [0.2, 0.25) is 0 Å². The SMILES string of the molecule is Cc1cc(-c2nc(-c3ncccn3)no2)ccc1O. The van der Waals surface area contributed by atoms with Gasteiger partial charge in [-0.15, -0.1) is 0 Å². The number of benzene rings is 1. The van der Waals surface area contributed by atoms with Crippen molar-refractivity contribution < 1.29 is 9.63 Å². The predicted molar refractivity (Wildman–Crippen MR) is 67.2 cm³/mol. The van der Waals surface area contributed by atoms with Crippen LogP contribution in [0.1, 0.15) is 5.56 Å². The van der Waals surface area contributed by atoms with E-state index in [4.69, 9.17) is 4.52 Å². The summed E-state index contributed by atoms with van der Waals surface area (Å²) in [5.74, 6) is 1.34. The lowest BCUT2D eigenvalue weighted by atomic mass is 10.1. The van der Waals surface area contributed by atoms with E-state index in [1.807, 2.05) is 0 Å². The number of aromatic nitrogens is 4. The number of aromatic hydroxyl groups is 1. The Morgan fingerprint density at radius 1 is 1.11 bits per heavy atom. The molecule has 0 spiro atoms. The van der Waals surface area contributed by atoms with Gasteiger partial charge in [0.1, 0.15) is 5.75 Å². The third-order valence-corrected chi connectivity index (χ3v) is 2.64. The van der Waals surface area contributed by atoms with Crippen molar-refractivity contribution in [2.75, 3.05) is 0 Å². The number of aryl methyl sites for hydroxylation is 1. The maximum atomic E-state index is 9.49. The van der Waals surface area contributed by atoms with Crippen molar-refractivity contribution in [3.63, 3.8) is 0 Å². The number of nitrogens with zero attached hydrogens (tertiary/aromatic N) is 4. The largest absolute Gasteiger partial charge is 0.508 e. The second-order valence-electron chi connectivity index (χ2n) is 4.00. The molecule has 0 aliphatic rings. The van der Waals surface area contributed by atoms with Gasteiger partial charge in [-0.25, -0.2) is 9.97 Å². The van der Waals surface area contributed by atoms with Crippen molar-refractivity contribution in [3.8, 4) is 28.9 Å². The fourth-order valence-corrected chi connectivity index (χ4v) is 1.63. The van der Waals surface area contributed by atoms with Gasteiger partial charge in [0.25, 0.3) is 5.89 Å². The summed E-state index contributed by atoms with van der Waals surface area (Å²) in [6, 6.07) is 6.80. The van der Waals surface area contributed by atoms with E-state index in [0.717, 1.165) is 11.1 Å². The lowest BCUT2D eigenvalue weighted by Crippen LogP contribution is -1.88. The highest BCUT2D eigenvalue weighted by molar-refractivity contribution is 5.58. The van der Waals surface area contributed by atoms with Crippen LogP contribution in [-0.4, -0.2) is 25.2 Å². The first-order valence-electron chi connectivity index (χ1n) is 5.65. The number of rotatable bonds is 2. The fraction of sp³-hybridized carbons (Fsp3) is 0.0769. The molecule has 3 rings (SSSR count). The summed E-state index contributed by atoms with van der Waals surface area (Å²) >= 11 is 0. The molecule has 0 aliphatic carbocycles. The van der Waals surface area contributed by atoms with Crippen molar-refractivity contribution in [1.82, 2.24) is 20.1 Å². The highest BCUT2D eigenvalue weighted by atomic mass is 16.5. The molecule has 3 aromatic rings. The summed E-state index contributed by atoms with van der Waals surface area (Å²) in [6.45, 7) is 1.80. The van der Waals surface area contributed by atoms with Crippen LogP contribution in [0.5, 0.6) is 5.75 Å². The van der Waals surface area contributed by atoms with Gasteiger partial charge in [0, 0.05) is 18.0 Å². The summed E-state index contributed by atoms with van der Waals surface area (Å²) in [7, 11) is 0. The Kier molecular flexibility index (Phi) is 2.68. The first kappa shape index (κ1) is 11.3. The normalized spacial score (nSPS) is 10.6. The zero-order valence-corrected chi connectivity index (χ0v) is 10.1. The van der Waals surface area contributed by atoms with Gasteiger partial charge in [0.2, 0.25) is 11.6 Å². The molecule has 1 aromatic carbocycles. The average molecular weight is 254 g/mol. The van der Waals surface area contributed by atoms with Crippen molar-refractivity contribution in [2.45, 2.75) is 6.92 Å². The molecule has 0 bridgehead atoms. The lowest BCUT2D eigenvalue weighted by molar-refractivity contribution is 0.431. The monoisotopic (exact) mass is 254 g/mol. The van der Waals surface area contributed by atoms with Crippen molar-refractivity contribution >= 4 is 0 Å². The van der Waals surface area contributed by atoms with Gasteiger partial charge in [-0.1, -0.05) is 5.16 Å². The summed E-state index contributed by atoms with van der Waals surface area (Å²) in [5.41, 5.74) is 1.48. The molecule has 6 heteroatoms. The van der Waals surface area contributed by atoms with Gasteiger partial charge in [-0.2, -0.15) is 4.98 Å². The van der Waals surface area contributed by atoms with Gasteiger partial charge < -0.3 is 9.63 Å². The number of phenolic OH excluding ortho intramolecular Hbond substituents is 1. The van der Waals surface area contributed by atoms with Crippen LogP contribution >= 0.6 is 0 Å². The van der Waals surface area contributed by atoms with Gasteiger partial charge >= 0.3 is 0 Å². The zero-order valence-electron chi connectivity index (χ0n) is 10.1. The molecular formula is C13H10N4O2. The van der Waals surface area contributed by atoms with E-state index < -0.39 is 0 Å². The van der Waals surface area contributed by atoms with Gasteiger partial charge in [0.15, 0.2) is 0 Å². The molecule has 0 saturated heterocycles. The van der Waals surface area contributed by atoms with Crippen molar-refractivity contribution in [1.29, 1.82) is 0 Å². The summed E-state index contributed by atoms with van der Waals surface area (Å²) in [4.78, 5) is 12.3. The lowest BCUT2D eigenvalue weighted by Gasteiger charge is -1.99. The number of phenols is 1. The minimum absolute atomic E-state index is 0.231. The Morgan fingerprint density at radius 3 is 2.63 bits per heavy atom. The van der Waals surface area contributed by atoms with Crippen LogP contribution in [0.15, 0.2) is 41.2 Å². The maximum absolute atomic E-state index is 9.49. The molecule has 0 amide bonds. The molecule has 2 heterocycles. The minimum Gasteiger partial charge on any atom is -0.508 e. The second kappa shape index (κ2) is 4.49. The van der Waals surface area contributed by atoms with Crippen LogP contribution in [0.25, 0.3) is 23.1 Å². The van der Waals surface area contributed by atoms with E-state index in [1.54, 1.807) is 43.6 Å². The molecule has 19 heavy (non-hydrogen) atoms. The summed E-state index contributed by atoms with van der Waals surface area (Å²) < 4.78 is 5.18. The van der Waals surface area contributed by atoms with Crippen LogP contribution in [-0.2, 0) is 0 Å². The molecule has 0 saturated carbocycles. The molecule has 2 aromatic heterocycles. The molecule has 0 radical (unpaired) electrons. The third kappa shape index (κ3) is 2.15.